The number of rotatable bonds is 8. The normalized spacial score (nSPS) is 12.3. The molecule has 5 N–H and O–H groups in total. The van der Waals surface area contributed by atoms with Crippen LogP contribution in [0.2, 0.25) is 0 Å². The van der Waals surface area contributed by atoms with E-state index >= 15 is 0 Å². The van der Waals surface area contributed by atoms with Crippen molar-refractivity contribution >= 4 is 66.1 Å². The van der Waals surface area contributed by atoms with E-state index < -0.39 is 52.8 Å². The minimum atomic E-state index is -5.04. The second-order valence-corrected chi connectivity index (χ2v) is 12.4. The zero-order chi connectivity index (χ0) is 32.6. The maximum atomic E-state index is 12.2. The number of amides is 2. The number of carbonyl (C=O) groups excluding carboxylic acids is 2. The molecule has 13 nitrogen and oxygen atoms in total. The molecule has 4 rings (SSSR count). The smallest absolute Gasteiger partial charge is 0.296 e. The predicted molar refractivity (Wildman–Crippen MR) is 164 cm³/mol. The molecular formula is C29H26N4O9S2. The highest BCUT2D eigenvalue weighted by molar-refractivity contribution is 7.87. The summed E-state index contributed by atoms with van der Waals surface area (Å²) in [5.41, 5.74) is 8.80. The summed E-state index contributed by atoms with van der Waals surface area (Å²) < 4.78 is 66.7. The first-order chi connectivity index (χ1) is 20.6. The SMILES string of the molecule is C/C=C\C(=O)N(C=O)c1ccc(-c2ccc(/N=N/c3ccc4c(S(=O)(=O)O)cc(S(=O)(=O)O)c(N)c4c3O)c(C)c2)cc1C. The van der Waals surface area contributed by atoms with Gasteiger partial charge in [0.2, 0.25) is 6.41 Å². The van der Waals surface area contributed by atoms with Crippen LogP contribution in [0.3, 0.4) is 0 Å². The summed E-state index contributed by atoms with van der Waals surface area (Å²) in [5.74, 6) is -1.21. The third-order valence-corrected chi connectivity index (χ3v) is 8.47. The molecule has 0 fully saturated rings. The molecule has 0 aromatic heterocycles. The van der Waals surface area contributed by atoms with Crippen molar-refractivity contribution in [1.29, 1.82) is 0 Å². The fourth-order valence-electron chi connectivity index (χ4n) is 4.57. The molecule has 0 bridgehead atoms. The molecule has 4 aromatic carbocycles. The van der Waals surface area contributed by atoms with Crippen LogP contribution in [0, 0.1) is 13.8 Å². The van der Waals surface area contributed by atoms with Crippen LogP contribution in [0.5, 0.6) is 5.75 Å². The lowest BCUT2D eigenvalue weighted by molar-refractivity contribution is -0.118. The summed E-state index contributed by atoms with van der Waals surface area (Å²) in [6.07, 6.45) is 3.29. The summed E-state index contributed by atoms with van der Waals surface area (Å²) in [6, 6.07) is 13.3. The van der Waals surface area contributed by atoms with Crippen molar-refractivity contribution in [2.24, 2.45) is 10.2 Å². The van der Waals surface area contributed by atoms with Crippen molar-refractivity contribution in [3.05, 3.63) is 77.9 Å². The summed E-state index contributed by atoms with van der Waals surface area (Å²) in [7, 11) is -10.0. The molecule has 4 aromatic rings. The topological polar surface area (TPSA) is 217 Å². The largest absolute Gasteiger partial charge is 0.505 e. The minimum Gasteiger partial charge on any atom is -0.505 e. The molecule has 0 aliphatic heterocycles. The lowest BCUT2D eigenvalue weighted by Crippen LogP contribution is -2.28. The third-order valence-electron chi connectivity index (χ3n) is 6.68. The molecule has 228 valence electrons. The van der Waals surface area contributed by atoms with Crippen molar-refractivity contribution in [2.75, 3.05) is 10.6 Å². The van der Waals surface area contributed by atoms with Crippen LogP contribution in [0.25, 0.3) is 21.9 Å². The molecule has 0 unspecified atom stereocenters. The first-order valence-corrected chi connectivity index (χ1v) is 15.5. The van der Waals surface area contributed by atoms with E-state index in [1.165, 1.54) is 12.1 Å². The predicted octanol–water partition coefficient (Wildman–Crippen LogP) is 5.39. The average molecular weight is 639 g/mol. The van der Waals surface area contributed by atoms with E-state index in [0.717, 1.165) is 22.1 Å². The number of hydrogen-bond donors (Lipinski definition) is 4. The summed E-state index contributed by atoms with van der Waals surface area (Å²) in [4.78, 5) is 22.9. The summed E-state index contributed by atoms with van der Waals surface area (Å²) in [5, 5.41) is 18.3. The second-order valence-electron chi connectivity index (χ2n) is 9.61. The molecule has 44 heavy (non-hydrogen) atoms. The van der Waals surface area contributed by atoms with Gasteiger partial charge in [0.1, 0.15) is 15.5 Å². The molecule has 0 aliphatic rings. The molecule has 0 saturated carbocycles. The van der Waals surface area contributed by atoms with Gasteiger partial charge in [0.25, 0.3) is 26.1 Å². The van der Waals surface area contributed by atoms with Gasteiger partial charge in [0, 0.05) is 5.39 Å². The van der Waals surface area contributed by atoms with Gasteiger partial charge < -0.3 is 10.8 Å². The van der Waals surface area contributed by atoms with Crippen LogP contribution < -0.4 is 10.6 Å². The number of benzene rings is 4. The van der Waals surface area contributed by atoms with Gasteiger partial charge in [0.15, 0.2) is 5.75 Å². The Bertz CT molecular complexity index is 2120. The molecule has 0 atom stereocenters. The monoisotopic (exact) mass is 638 g/mol. The average Bonchev–Trinajstić information content (AvgIpc) is 2.93. The number of allylic oxidation sites excluding steroid dienone is 1. The van der Waals surface area contributed by atoms with Gasteiger partial charge in [-0.05, 0) is 85.5 Å². The van der Waals surface area contributed by atoms with Crippen LogP contribution in [0.1, 0.15) is 18.1 Å². The van der Waals surface area contributed by atoms with Gasteiger partial charge in [0.05, 0.1) is 22.4 Å². The van der Waals surface area contributed by atoms with Crippen LogP contribution in [-0.2, 0) is 29.8 Å². The van der Waals surface area contributed by atoms with Crippen molar-refractivity contribution in [3.8, 4) is 16.9 Å². The fraction of sp³-hybridized carbons (Fsp3) is 0.103. The van der Waals surface area contributed by atoms with Crippen molar-refractivity contribution in [2.45, 2.75) is 30.6 Å². The molecule has 0 radical (unpaired) electrons. The van der Waals surface area contributed by atoms with Crippen molar-refractivity contribution < 1.29 is 40.6 Å². The number of anilines is 2. The zero-order valence-corrected chi connectivity index (χ0v) is 25.1. The number of nitrogen functional groups attached to an aromatic ring is 1. The number of phenols is 1. The fourth-order valence-corrected chi connectivity index (χ4v) is 6.01. The molecule has 0 saturated heterocycles. The zero-order valence-electron chi connectivity index (χ0n) is 23.5. The Hall–Kier alpha value is -4.96. The Balaban J connectivity index is 1.72. The molecule has 15 heteroatoms. The molecular weight excluding hydrogens is 612 g/mol. The minimum absolute atomic E-state index is 0.208. The van der Waals surface area contributed by atoms with Gasteiger partial charge in [-0.25, -0.2) is 4.90 Å². The Morgan fingerprint density at radius 2 is 1.41 bits per heavy atom. The number of phenolic OH excluding ortho intramolecular Hbond substituents is 1. The number of azo groups is 1. The maximum absolute atomic E-state index is 12.2. The highest BCUT2D eigenvalue weighted by Crippen LogP contribution is 2.44. The van der Waals surface area contributed by atoms with E-state index in [1.807, 2.05) is 12.1 Å². The number of fused-ring (bicyclic) bond motifs is 1. The van der Waals surface area contributed by atoms with Gasteiger partial charge in [-0.2, -0.15) is 21.9 Å². The van der Waals surface area contributed by atoms with Crippen molar-refractivity contribution in [1.82, 2.24) is 0 Å². The number of hydrogen-bond acceptors (Lipinski definition) is 10. The number of nitrogens with two attached hydrogens (primary N) is 1. The second kappa shape index (κ2) is 12.0. The van der Waals surface area contributed by atoms with Gasteiger partial charge in [-0.15, -0.1) is 5.11 Å². The molecule has 0 heterocycles. The molecule has 0 aliphatic carbocycles. The van der Waals surface area contributed by atoms with Crippen LogP contribution in [0.4, 0.5) is 22.7 Å². The Labute approximate surface area is 252 Å². The highest BCUT2D eigenvalue weighted by Gasteiger charge is 2.26. The van der Waals surface area contributed by atoms with E-state index in [2.05, 4.69) is 10.2 Å². The number of aryl methyl sites for hydroxylation is 2. The first-order valence-electron chi connectivity index (χ1n) is 12.7. The number of carbonyl (C=O) groups is 2. The maximum Gasteiger partial charge on any atom is 0.296 e. The summed E-state index contributed by atoms with van der Waals surface area (Å²) >= 11 is 0. The van der Waals surface area contributed by atoms with Gasteiger partial charge in [-0.3, -0.25) is 18.7 Å². The number of nitrogens with zero attached hydrogens (tertiary/aromatic N) is 3. The van der Waals surface area contributed by atoms with E-state index in [-0.39, 0.29) is 11.1 Å². The van der Waals surface area contributed by atoms with E-state index in [4.69, 9.17) is 5.73 Å². The van der Waals surface area contributed by atoms with Gasteiger partial charge >= 0.3 is 0 Å². The van der Waals surface area contributed by atoms with Crippen LogP contribution in [-0.4, -0.2) is 43.4 Å². The van der Waals surface area contributed by atoms with Crippen molar-refractivity contribution in [3.63, 3.8) is 0 Å². The van der Waals surface area contributed by atoms with E-state index in [1.54, 1.807) is 51.1 Å². The molecule has 0 spiro atoms. The quantitative estimate of drug-likeness (QED) is 0.0634. The van der Waals surface area contributed by atoms with Crippen LogP contribution >= 0.6 is 0 Å². The first kappa shape index (κ1) is 32.0. The van der Waals surface area contributed by atoms with E-state index in [9.17, 15) is 40.6 Å². The Morgan fingerprint density at radius 3 is 1.95 bits per heavy atom. The number of aromatic hydroxyl groups is 1. The standard InChI is InChI=1S/C29H26N4O9S2/c1-4-5-26(35)33(15-34)23-11-7-19(13-17(23)3)18-6-9-21(16(2)12-18)31-32-22-10-8-20-24(43(37,38)39)14-25(44(40,41)42)28(30)27(20)29(22)36/h4-15,36H,30H2,1-3H3,(H,37,38,39)(H,40,41,42)/b5-4-,32-31+. The molecule has 2 amide bonds. The summed E-state index contributed by atoms with van der Waals surface area (Å²) in [6.45, 7) is 5.21. The third kappa shape index (κ3) is 6.21. The highest BCUT2D eigenvalue weighted by atomic mass is 32.2. The Kier molecular flexibility index (Phi) is 8.69. The Morgan fingerprint density at radius 1 is 0.841 bits per heavy atom. The van der Waals surface area contributed by atoms with E-state index in [0.29, 0.717) is 35.0 Å². The van der Waals surface area contributed by atoms with Crippen LogP contribution in [0.15, 0.2) is 86.8 Å². The lowest BCUT2D eigenvalue weighted by atomic mass is 9.99. The lowest BCUT2D eigenvalue weighted by Gasteiger charge is -2.17. The number of imide groups is 1. The van der Waals surface area contributed by atoms with Gasteiger partial charge in [-0.1, -0.05) is 24.3 Å².